The standard InChI is InChI=1S/C11H12BrClN4O2S/c1-6-11(10(5-14)16-15-6)20(18,19)17-9-4-7(12)2-3-8(9)13/h2-4,17H,5,14H2,1H3,(H,15,16). The molecule has 108 valence electrons. The van der Waals surface area contributed by atoms with Crippen molar-refractivity contribution in [3.8, 4) is 0 Å². The van der Waals surface area contributed by atoms with Crippen LogP contribution in [0.1, 0.15) is 11.4 Å². The van der Waals surface area contributed by atoms with Crippen molar-refractivity contribution in [3.05, 3.63) is 39.1 Å². The van der Waals surface area contributed by atoms with E-state index in [1.165, 1.54) is 0 Å². The summed E-state index contributed by atoms with van der Waals surface area (Å²) >= 11 is 9.24. The molecule has 0 fully saturated rings. The van der Waals surface area contributed by atoms with Gasteiger partial charge in [0, 0.05) is 11.0 Å². The lowest BCUT2D eigenvalue weighted by Crippen LogP contribution is -2.16. The van der Waals surface area contributed by atoms with Gasteiger partial charge in [0.2, 0.25) is 0 Å². The van der Waals surface area contributed by atoms with Crippen LogP contribution < -0.4 is 10.5 Å². The van der Waals surface area contributed by atoms with Gasteiger partial charge < -0.3 is 5.73 Å². The van der Waals surface area contributed by atoms with Gasteiger partial charge in [0.05, 0.1) is 22.1 Å². The van der Waals surface area contributed by atoms with Crippen molar-refractivity contribution in [2.45, 2.75) is 18.4 Å². The molecule has 1 aromatic heterocycles. The van der Waals surface area contributed by atoms with E-state index in [4.69, 9.17) is 17.3 Å². The normalized spacial score (nSPS) is 11.6. The van der Waals surface area contributed by atoms with Gasteiger partial charge in [-0.3, -0.25) is 9.82 Å². The van der Waals surface area contributed by atoms with Gasteiger partial charge in [-0.05, 0) is 25.1 Å². The molecular formula is C11H12BrClN4O2S. The highest BCUT2D eigenvalue weighted by Crippen LogP contribution is 2.29. The van der Waals surface area contributed by atoms with E-state index in [0.29, 0.717) is 15.2 Å². The van der Waals surface area contributed by atoms with Gasteiger partial charge in [0.1, 0.15) is 4.90 Å². The van der Waals surface area contributed by atoms with Gasteiger partial charge in [0.25, 0.3) is 10.0 Å². The van der Waals surface area contributed by atoms with Crippen molar-refractivity contribution in [2.75, 3.05) is 4.72 Å². The van der Waals surface area contributed by atoms with E-state index in [0.717, 1.165) is 0 Å². The number of sulfonamides is 1. The highest BCUT2D eigenvalue weighted by molar-refractivity contribution is 9.10. The minimum absolute atomic E-state index is 0.0206. The number of nitrogens with zero attached hydrogens (tertiary/aromatic N) is 1. The maximum atomic E-state index is 12.4. The van der Waals surface area contributed by atoms with Crippen LogP contribution in [-0.4, -0.2) is 18.6 Å². The van der Waals surface area contributed by atoms with Crippen molar-refractivity contribution in [1.82, 2.24) is 10.2 Å². The average molecular weight is 380 g/mol. The summed E-state index contributed by atoms with van der Waals surface area (Å²) in [6.07, 6.45) is 0. The highest BCUT2D eigenvalue weighted by Gasteiger charge is 2.24. The fourth-order valence-corrected chi connectivity index (χ4v) is 3.77. The number of aromatic nitrogens is 2. The fraction of sp³-hybridized carbons (Fsp3) is 0.182. The topological polar surface area (TPSA) is 101 Å². The molecule has 20 heavy (non-hydrogen) atoms. The maximum Gasteiger partial charge on any atom is 0.265 e. The average Bonchev–Trinajstić information content (AvgIpc) is 2.75. The Hall–Kier alpha value is -1.09. The second-order valence-electron chi connectivity index (χ2n) is 4.06. The lowest BCUT2D eigenvalue weighted by atomic mass is 10.3. The van der Waals surface area contributed by atoms with E-state index in [-0.39, 0.29) is 22.8 Å². The molecule has 0 aliphatic rings. The fourth-order valence-electron chi connectivity index (χ4n) is 1.74. The van der Waals surface area contributed by atoms with Crippen LogP contribution in [0.3, 0.4) is 0 Å². The summed E-state index contributed by atoms with van der Waals surface area (Å²) in [6, 6.07) is 4.89. The Balaban J connectivity index is 2.46. The van der Waals surface area contributed by atoms with Crippen LogP contribution in [0.15, 0.2) is 27.6 Å². The Morgan fingerprint density at radius 1 is 1.50 bits per heavy atom. The first-order valence-electron chi connectivity index (χ1n) is 5.57. The monoisotopic (exact) mass is 378 g/mol. The Bertz CT molecular complexity index is 745. The third-order valence-corrected chi connectivity index (χ3v) is 4.99. The molecule has 0 spiro atoms. The molecule has 2 aromatic rings. The second-order valence-corrected chi connectivity index (χ2v) is 7.00. The third-order valence-electron chi connectivity index (χ3n) is 2.60. The van der Waals surface area contributed by atoms with Crippen molar-refractivity contribution in [2.24, 2.45) is 5.73 Å². The van der Waals surface area contributed by atoms with E-state index in [1.54, 1.807) is 25.1 Å². The summed E-state index contributed by atoms with van der Waals surface area (Å²) in [4.78, 5) is 0.0519. The number of rotatable bonds is 4. The molecule has 6 nitrogen and oxygen atoms in total. The lowest BCUT2D eigenvalue weighted by Gasteiger charge is -2.10. The van der Waals surface area contributed by atoms with Crippen molar-refractivity contribution < 1.29 is 8.42 Å². The van der Waals surface area contributed by atoms with Gasteiger partial charge >= 0.3 is 0 Å². The van der Waals surface area contributed by atoms with E-state index in [1.807, 2.05) is 0 Å². The summed E-state index contributed by atoms with van der Waals surface area (Å²) in [5.74, 6) is 0. The molecular weight excluding hydrogens is 368 g/mol. The number of halogens is 2. The molecule has 0 radical (unpaired) electrons. The zero-order valence-electron chi connectivity index (χ0n) is 10.4. The number of nitrogens with two attached hydrogens (primary N) is 1. The Kier molecular flexibility index (Phi) is 4.38. The zero-order valence-corrected chi connectivity index (χ0v) is 13.6. The minimum Gasteiger partial charge on any atom is -0.325 e. The van der Waals surface area contributed by atoms with Gasteiger partial charge in [-0.25, -0.2) is 8.42 Å². The molecule has 0 saturated carbocycles. The number of anilines is 1. The molecule has 0 atom stereocenters. The number of nitrogens with one attached hydrogen (secondary N) is 2. The minimum atomic E-state index is -3.81. The van der Waals surface area contributed by atoms with E-state index in [2.05, 4.69) is 30.8 Å². The van der Waals surface area contributed by atoms with Crippen LogP contribution in [0.2, 0.25) is 5.02 Å². The quantitative estimate of drug-likeness (QED) is 0.759. The van der Waals surface area contributed by atoms with Crippen LogP contribution in [0.4, 0.5) is 5.69 Å². The first kappa shape index (κ1) is 15.3. The molecule has 0 bridgehead atoms. The molecule has 2 rings (SSSR count). The van der Waals surface area contributed by atoms with Gasteiger partial charge in [-0.15, -0.1) is 0 Å². The van der Waals surface area contributed by atoms with Gasteiger partial charge in [0.15, 0.2) is 0 Å². The van der Waals surface area contributed by atoms with Crippen LogP contribution in [0.5, 0.6) is 0 Å². The molecule has 1 aromatic carbocycles. The maximum absolute atomic E-state index is 12.4. The SMILES string of the molecule is Cc1[nH]nc(CN)c1S(=O)(=O)Nc1cc(Br)ccc1Cl. The molecule has 0 aliphatic heterocycles. The summed E-state index contributed by atoms with van der Waals surface area (Å²) in [6.45, 7) is 1.63. The number of aromatic amines is 1. The summed E-state index contributed by atoms with van der Waals surface area (Å²) in [7, 11) is -3.81. The molecule has 0 unspecified atom stereocenters. The largest absolute Gasteiger partial charge is 0.325 e. The molecule has 0 saturated heterocycles. The predicted molar refractivity (Wildman–Crippen MR) is 81.2 cm³/mol. The molecule has 0 amide bonds. The van der Waals surface area contributed by atoms with Crippen LogP contribution in [-0.2, 0) is 16.6 Å². The molecule has 4 N–H and O–H groups in total. The summed E-state index contributed by atoms with van der Waals surface area (Å²) in [5, 5.41) is 6.78. The van der Waals surface area contributed by atoms with Crippen LogP contribution in [0, 0.1) is 6.92 Å². The molecule has 0 aliphatic carbocycles. The van der Waals surface area contributed by atoms with Gasteiger partial charge in [-0.1, -0.05) is 27.5 Å². The Morgan fingerprint density at radius 2 is 2.20 bits per heavy atom. The van der Waals surface area contributed by atoms with Crippen molar-refractivity contribution >= 4 is 43.2 Å². The van der Waals surface area contributed by atoms with E-state index >= 15 is 0 Å². The summed E-state index contributed by atoms with van der Waals surface area (Å²) < 4.78 is 28.0. The Labute approximate surface area is 129 Å². The Morgan fingerprint density at radius 3 is 2.85 bits per heavy atom. The van der Waals surface area contributed by atoms with E-state index in [9.17, 15) is 8.42 Å². The highest BCUT2D eigenvalue weighted by atomic mass is 79.9. The number of H-pyrrole nitrogens is 1. The zero-order chi connectivity index (χ0) is 14.9. The van der Waals surface area contributed by atoms with E-state index < -0.39 is 10.0 Å². The smallest absolute Gasteiger partial charge is 0.265 e. The first-order chi connectivity index (χ1) is 9.35. The number of benzene rings is 1. The lowest BCUT2D eigenvalue weighted by molar-refractivity contribution is 0.599. The number of aryl methyl sites for hydroxylation is 1. The van der Waals surface area contributed by atoms with Crippen LogP contribution in [0.25, 0.3) is 0 Å². The molecule has 9 heteroatoms. The predicted octanol–water partition coefficient (Wildman–Crippen LogP) is 2.39. The first-order valence-corrected chi connectivity index (χ1v) is 8.22. The number of hydrogen-bond donors (Lipinski definition) is 3. The van der Waals surface area contributed by atoms with Gasteiger partial charge in [-0.2, -0.15) is 5.10 Å². The number of hydrogen-bond acceptors (Lipinski definition) is 4. The van der Waals surface area contributed by atoms with Crippen LogP contribution >= 0.6 is 27.5 Å². The second kappa shape index (κ2) is 5.72. The summed E-state index contributed by atoms with van der Waals surface area (Å²) in [5.41, 5.74) is 6.48. The van der Waals surface area contributed by atoms with Crippen molar-refractivity contribution in [1.29, 1.82) is 0 Å². The third kappa shape index (κ3) is 2.98. The van der Waals surface area contributed by atoms with Crippen molar-refractivity contribution in [3.63, 3.8) is 0 Å². The molecule has 1 heterocycles.